The van der Waals surface area contributed by atoms with E-state index in [1.165, 1.54) is 12.2 Å². The Hall–Kier alpha value is -4.28. The lowest BCUT2D eigenvalue weighted by Crippen LogP contribution is -2.48. The lowest BCUT2D eigenvalue weighted by molar-refractivity contribution is -0.200. The standard InChI is InChI=1S/C36H45N3O7/c1-4-6-8-16-29(31(5-2)39(25-41)45-23-26-12-9-7-10-13-26)34(42)38-24-37-30(22-40)33-18-17-32(46-33)27-14-11-15-28(21-27)36(19-20-36)35(43)44-3/h7,9-15,17-18,21-22,25,29-31,37H,4-6,8,16,19-20,23-24H2,1-3H3,(H,38,42). The van der Waals surface area contributed by atoms with E-state index in [0.717, 1.165) is 55.1 Å². The number of hydrogen-bond donors (Lipinski definition) is 2. The van der Waals surface area contributed by atoms with Gasteiger partial charge in [0.25, 0.3) is 0 Å². The van der Waals surface area contributed by atoms with E-state index in [9.17, 15) is 19.2 Å². The van der Waals surface area contributed by atoms with Gasteiger partial charge in [-0.25, -0.2) is 5.06 Å². The molecule has 3 unspecified atom stereocenters. The van der Waals surface area contributed by atoms with Gasteiger partial charge in [-0.2, -0.15) is 0 Å². The van der Waals surface area contributed by atoms with E-state index in [2.05, 4.69) is 17.6 Å². The zero-order valence-corrected chi connectivity index (χ0v) is 26.9. The molecule has 246 valence electrons. The van der Waals surface area contributed by atoms with Gasteiger partial charge in [-0.1, -0.05) is 81.6 Å². The van der Waals surface area contributed by atoms with Crippen LogP contribution < -0.4 is 10.6 Å². The number of aldehydes is 1. The number of nitrogens with zero attached hydrogens (tertiary/aromatic N) is 1. The number of esters is 1. The largest absolute Gasteiger partial charge is 0.468 e. The van der Waals surface area contributed by atoms with Crippen molar-refractivity contribution < 1.29 is 33.2 Å². The lowest BCUT2D eigenvalue weighted by Gasteiger charge is -2.32. The van der Waals surface area contributed by atoms with Crippen molar-refractivity contribution in [3.63, 3.8) is 0 Å². The second kappa shape index (κ2) is 16.9. The number of nitrogens with one attached hydrogen (secondary N) is 2. The molecule has 4 rings (SSSR count). The monoisotopic (exact) mass is 631 g/mol. The lowest BCUT2D eigenvalue weighted by atomic mass is 9.90. The minimum atomic E-state index is -0.803. The van der Waals surface area contributed by atoms with Gasteiger partial charge >= 0.3 is 5.97 Å². The summed E-state index contributed by atoms with van der Waals surface area (Å²) in [7, 11) is 1.40. The van der Waals surface area contributed by atoms with Crippen molar-refractivity contribution in [3.8, 4) is 11.3 Å². The maximum absolute atomic E-state index is 13.5. The number of rotatable bonds is 20. The van der Waals surface area contributed by atoms with Crippen LogP contribution in [0.3, 0.4) is 0 Å². The predicted molar refractivity (Wildman–Crippen MR) is 173 cm³/mol. The highest BCUT2D eigenvalue weighted by molar-refractivity contribution is 5.87. The number of hydrogen-bond acceptors (Lipinski definition) is 8. The molecule has 1 saturated carbocycles. The molecule has 3 aromatic rings. The van der Waals surface area contributed by atoms with E-state index in [4.69, 9.17) is 14.0 Å². The molecule has 1 aliphatic rings. The summed E-state index contributed by atoms with van der Waals surface area (Å²) in [6.07, 6.45) is 6.75. The van der Waals surface area contributed by atoms with E-state index < -0.39 is 23.4 Å². The first-order chi connectivity index (χ1) is 22.4. The summed E-state index contributed by atoms with van der Waals surface area (Å²) in [6, 6.07) is 19.4. The summed E-state index contributed by atoms with van der Waals surface area (Å²) in [5.74, 6) is -0.0240. The quantitative estimate of drug-likeness (QED) is 0.0541. The average molecular weight is 632 g/mol. The van der Waals surface area contributed by atoms with Crippen molar-refractivity contribution >= 4 is 24.6 Å². The number of furan rings is 1. The zero-order valence-electron chi connectivity index (χ0n) is 26.9. The van der Waals surface area contributed by atoms with Gasteiger partial charge in [0, 0.05) is 5.56 Å². The Morgan fingerprint density at radius 3 is 2.46 bits per heavy atom. The van der Waals surface area contributed by atoms with E-state index in [1.54, 1.807) is 12.1 Å². The van der Waals surface area contributed by atoms with Crippen molar-refractivity contribution in [1.82, 2.24) is 15.7 Å². The third kappa shape index (κ3) is 8.50. The van der Waals surface area contributed by atoms with Gasteiger partial charge in [-0.15, -0.1) is 0 Å². The Labute approximate surface area is 270 Å². The molecule has 10 nitrogen and oxygen atoms in total. The zero-order chi connectivity index (χ0) is 32.9. The number of methoxy groups -OCH3 is 1. The molecule has 0 saturated heterocycles. The number of amides is 2. The summed E-state index contributed by atoms with van der Waals surface area (Å²) < 4.78 is 11.1. The number of carbonyl (C=O) groups is 4. The van der Waals surface area contributed by atoms with Crippen molar-refractivity contribution in [2.24, 2.45) is 5.92 Å². The number of carbonyl (C=O) groups excluding carboxylic acids is 4. The molecule has 1 aromatic heterocycles. The topological polar surface area (TPSA) is 127 Å². The molecule has 46 heavy (non-hydrogen) atoms. The molecule has 0 radical (unpaired) electrons. The minimum Gasteiger partial charge on any atom is -0.468 e. The minimum absolute atomic E-state index is 0.0160. The first-order valence-electron chi connectivity index (χ1n) is 16.1. The van der Waals surface area contributed by atoms with Crippen LogP contribution in [0, 0.1) is 5.92 Å². The Balaban J connectivity index is 1.39. The van der Waals surface area contributed by atoms with E-state index in [-0.39, 0.29) is 25.2 Å². The van der Waals surface area contributed by atoms with E-state index in [1.807, 2.05) is 61.5 Å². The number of unbranched alkanes of at least 4 members (excludes halogenated alkanes) is 2. The highest BCUT2D eigenvalue weighted by Gasteiger charge is 2.52. The summed E-state index contributed by atoms with van der Waals surface area (Å²) in [5, 5.41) is 7.22. The Bertz CT molecular complexity index is 1440. The van der Waals surface area contributed by atoms with Crippen LogP contribution in [0.4, 0.5) is 0 Å². The molecular weight excluding hydrogens is 586 g/mol. The third-order valence-electron chi connectivity index (χ3n) is 8.67. The van der Waals surface area contributed by atoms with E-state index in [0.29, 0.717) is 30.8 Å². The summed E-state index contributed by atoms with van der Waals surface area (Å²) >= 11 is 0. The predicted octanol–water partition coefficient (Wildman–Crippen LogP) is 5.62. The molecule has 0 spiro atoms. The van der Waals surface area contributed by atoms with E-state index >= 15 is 0 Å². The maximum atomic E-state index is 13.5. The number of ether oxygens (including phenoxy) is 1. The molecule has 2 N–H and O–H groups in total. The Kier molecular flexibility index (Phi) is 12.7. The van der Waals surface area contributed by atoms with Crippen molar-refractivity contribution in [1.29, 1.82) is 0 Å². The molecule has 0 aliphatic heterocycles. The molecule has 10 heteroatoms. The van der Waals surface area contributed by atoms with Crippen LogP contribution in [-0.4, -0.2) is 49.5 Å². The highest BCUT2D eigenvalue weighted by atomic mass is 16.7. The number of benzene rings is 2. The van der Waals surface area contributed by atoms with Gasteiger partial charge in [-0.05, 0) is 55.0 Å². The fourth-order valence-electron chi connectivity index (χ4n) is 5.85. The van der Waals surface area contributed by atoms with Crippen LogP contribution in [-0.2, 0) is 40.8 Å². The number of hydroxylamine groups is 2. The fourth-order valence-corrected chi connectivity index (χ4v) is 5.85. The van der Waals surface area contributed by atoms with Gasteiger partial charge in [-0.3, -0.25) is 24.5 Å². The molecular formula is C36H45N3O7. The van der Waals surface area contributed by atoms with Gasteiger partial charge in [0.05, 0.1) is 31.2 Å². The van der Waals surface area contributed by atoms with Crippen LogP contribution in [0.1, 0.15) is 81.7 Å². The smallest absolute Gasteiger partial charge is 0.316 e. The molecule has 1 fully saturated rings. The first-order valence-corrected chi connectivity index (χ1v) is 16.1. The third-order valence-corrected chi connectivity index (χ3v) is 8.67. The first kappa shape index (κ1) is 34.6. The van der Waals surface area contributed by atoms with Crippen molar-refractivity contribution in [3.05, 3.63) is 83.6 Å². The van der Waals surface area contributed by atoms with Crippen LogP contribution in [0.15, 0.2) is 71.1 Å². The molecule has 1 heterocycles. The van der Waals surface area contributed by atoms with Crippen molar-refractivity contribution in [2.45, 2.75) is 82.9 Å². The molecule has 1 aliphatic carbocycles. The van der Waals surface area contributed by atoms with Gasteiger partial charge in [0.2, 0.25) is 12.3 Å². The highest BCUT2D eigenvalue weighted by Crippen LogP contribution is 2.49. The fraction of sp³-hybridized carbons (Fsp3) is 0.444. The van der Waals surface area contributed by atoms with Gasteiger partial charge in [0.15, 0.2) is 0 Å². The summed E-state index contributed by atoms with van der Waals surface area (Å²) in [6.45, 7) is 4.25. The molecule has 0 bridgehead atoms. The normalized spacial score (nSPS) is 15.3. The summed E-state index contributed by atoms with van der Waals surface area (Å²) in [4.78, 5) is 55.9. The maximum Gasteiger partial charge on any atom is 0.316 e. The Morgan fingerprint density at radius 2 is 1.80 bits per heavy atom. The Morgan fingerprint density at radius 1 is 1.02 bits per heavy atom. The van der Waals surface area contributed by atoms with Crippen molar-refractivity contribution in [2.75, 3.05) is 13.8 Å². The second-order valence-corrected chi connectivity index (χ2v) is 11.7. The second-order valence-electron chi connectivity index (χ2n) is 11.7. The van der Waals surface area contributed by atoms with Crippen LogP contribution in [0.5, 0.6) is 0 Å². The molecule has 2 amide bonds. The molecule has 3 atom stereocenters. The van der Waals surface area contributed by atoms with Crippen LogP contribution in [0.2, 0.25) is 0 Å². The summed E-state index contributed by atoms with van der Waals surface area (Å²) in [5.41, 5.74) is 1.97. The van der Waals surface area contributed by atoms with Crippen LogP contribution in [0.25, 0.3) is 11.3 Å². The average Bonchev–Trinajstić information content (AvgIpc) is 3.77. The van der Waals surface area contributed by atoms with Gasteiger partial charge in [0.1, 0.15) is 30.5 Å². The SMILES string of the molecule is CCCCCC(C(=O)NCNC(C=O)c1ccc(-c2cccc(C3(C(=O)OC)CC3)c2)o1)C(CC)N(C=O)OCc1ccccc1. The molecule has 2 aromatic carbocycles. The van der Waals surface area contributed by atoms with Crippen LogP contribution >= 0.6 is 0 Å². The van der Waals surface area contributed by atoms with Gasteiger partial charge < -0.3 is 19.3 Å².